The second-order valence-electron chi connectivity index (χ2n) is 2.45. The Hall–Kier alpha value is -0.210. The molecule has 3 heteroatoms. The summed E-state index contributed by atoms with van der Waals surface area (Å²) >= 11 is 7.48. The van der Waals surface area contributed by atoms with Gasteiger partial charge in [0.25, 0.3) is 0 Å². The molecule has 12 heavy (non-hydrogen) atoms. The van der Waals surface area contributed by atoms with Crippen LogP contribution in [0.5, 0.6) is 0 Å². The summed E-state index contributed by atoms with van der Waals surface area (Å²) in [6.07, 6.45) is 4.76. The highest BCUT2D eigenvalue weighted by molar-refractivity contribution is 7.98. The van der Waals surface area contributed by atoms with E-state index in [1.165, 1.54) is 5.56 Å². The third-order valence-corrected chi connectivity index (χ3v) is 2.82. The number of halogens is 1. The van der Waals surface area contributed by atoms with Crippen LogP contribution < -0.4 is 0 Å². The molecule has 1 nitrogen and oxygen atoms in total. The van der Waals surface area contributed by atoms with Gasteiger partial charge in [-0.15, -0.1) is 11.6 Å². The lowest BCUT2D eigenvalue weighted by molar-refractivity contribution is 1.11. The van der Waals surface area contributed by atoms with Gasteiger partial charge in [-0.05, 0) is 29.9 Å². The predicted molar refractivity (Wildman–Crippen MR) is 55.7 cm³/mol. The Morgan fingerprint density at radius 1 is 1.33 bits per heavy atom. The van der Waals surface area contributed by atoms with Crippen molar-refractivity contribution in [2.45, 2.75) is 12.2 Å². The third kappa shape index (κ3) is 3.98. The number of aromatic nitrogens is 1. The maximum absolute atomic E-state index is 5.56. The molecule has 0 aliphatic heterocycles. The van der Waals surface area contributed by atoms with Crippen LogP contribution in [-0.2, 0) is 5.75 Å². The zero-order valence-electron chi connectivity index (χ0n) is 6.87. The van der Waals surface area contributed by atoms with Crippen molar-refractivity contribution < 1.29 is 0 Å². The number of hydrogen-bond donors (Lipinski definition) is 0. The van der Waals surface area contributed by atoms with E-state index >= 15 is 0 Å². The molecule has 1 aromatic rings. The Labute approximate surface area is 82.5 Å². The molecule has 0 unspecified atom stereocenters. The topological polar surface area (TPSA) is 12.9 Å². The van der Waals surface area contributed by atoms with Crippen molar-refractivity contribution in [3.63, 3.8) is 0 Å². The molecule has 0 aliphatic carbocycles. The van der Waals surface area contributed by atoms with Gasteiger partial charge in [-0.1, -0.05) is 0 Å². The lowest BCUT2D eigenvalue weighted by atomic mass is 10.3. The van der Waals surface area contributed by atoms with Gasteiger partial charge < -0.3 is 0 Å². The van der Waals surface area contributed by atoms with Crippen molar-refractivity contribution >= 4 is 23.4 Å². The fourth-order valence-corrected chi connectivity index (χ4v) is 2.04. The smallest absolute Gasteiger partial charge is 0.0270 e. The van der Waals surface area contributed by atoms with Gasteiger partial charge in [0, 0.05) is 24.0 Å². The Bertz CT molecular complexity index is 203. The highest BCUT2D eigenvalue weighted by atomic mass is 35.5. The fraction of sp³-hybridized carbons (Fsp3) is 0.444. The number of nitrogens with zero attached hydrogens (tertiary/aromatic N) is 1. The van der Waals surface area contributed by atoms with Gasteiger partial charge in [-0.25, -0.2) is 0 Å². The second-order valence-corrected chi connectivity index (χ2v) is 3.93. The second kappa shape index (κ2) is 6.32. The lowest BCUT2D eigenvalue weighted by Gasteiger charge is -1.98. The van der Waals surface area contributed by atoms with Gasteiger partial charge in [0.05, 0.1) is 0 Å². The molecule has 0 amide bonds. The van der Waals surface area contributed by atoms with Crippen molar-refractivity contribution in [1.29, 1.82) is 0 Å². The van der Waals surface area contributed by atoms with Gasteiger partial charge in [0.2, 0.25) is 0 Å². The van der Waals surface area contributed by atoms with Crippen LogP contribution in [0.1, 0.15) is 12.0 Å². The van der Waals surface area contributed by atoms with E-state index in [1.54, 1.807) is 0 Å². The molecule has 0 saturated heterocycles. The van der Waals surface area contributed by atoms with E-state index in [9.17, 15) is 0 Å². The molecular weight excluding hydrogens is 190 g/mol. The number of alkyl halides is 1. The summed E-state index contributed by atoms with van der Waals surface area (Å²) in [6.45, 7) is 0. The normalized spacial score (nSPS) is 10.1. The van der Waals surface area contributed by atoms with E-state index in [0.717, 1.165) is 23.8 Å². The first kappa shape index (κ1) is 9.87. The quantitative estimate of drug-likeness (QED) is 0.537. The molecule has 0 aromatic carbocycles. The largest absolute Gasteiger partial charge is 0.265 e. The summed E-state index contributed by atoms with van der Waals surface area (Å²) in [5.41, 5.74) is 1.34. The van der Waals surface area contributed by atoms with E-state index in [1.807, 2.05) is 36.3 Å². The molecule has 66 valence electrons. The summed E-state index contributed by atoms with van der Waals surface area (Å²) in [7, 11) is 0. The van der Waals surface area contributed by atoms with Crippen molar-refractivity contribution in [3.05, 3.63) is 30.1 Å². The Morgan fingerprint density at radius 3 is 2.75 bits per heavy atom. The van der Waals surface area contributed by atoms with Gasteiger partial charge in [-0.3, -0.25) is 4.98 Å². The highest BCUT2D eigenvalue weighted by Gasteiger charge is 1.91. The van der Waals surface area contributed by atoms with Crippen LogP contribution >= 0.6 is 23.4 Å². The molecule has 1 rings (SSSR count). The van der Waals surface area contributed by atoms with Crippen LogP contribution in [0.2, 0.25) is 0 Å². The molecule has 0 spiro atoms. The first-order chi connectivity index (χ1) is 5.93. The van der Waals surface area contributed by atoms with Crippen LogP contribution in [0, 0.1) is 0 Å². The third-order valence-electron chi connectivity index (χ3n) is 1.44. The molecule has 0 N–H and O–H groups in total. The molecule has 0 atom stereocenters. The molecular formula is C9H12ClNS. The van der Waals surface area contributed by atoms with Gasteiger partial charge in [0.1, 0.15) is 0 Å². The predicted octanol–water partition coefficient (Wildman–Crippen LogP) is 2.94. The van der Waals surface area contributed by atoms with Gasteiger partial charge in [0.15, 0.2) is 0 Å². The summed E-state index contributed by atoms with van der Waals surface area (Å²) < 4.78 is 0. The van der Waals surface area contributed by atoms with E-state index in [-0.39, 0.29) is 0 Å². The van der Waals surface area contributed by atoms with Crippen LogP contribution in [0.3, 0.4) is 0 Å². The summed E-state index contributed by atoms with van der Waals surface area (Å²) in [6, 6.07) is 4.10. The fourth-order valence-electron chi connectivity index (χ4n) is 0.826. The van der Waals surface area contributed by atoms with E-state index in [4.69, 9.17) is 11.6 Å². The lowest BCUT2D eigenvalue weighted by Crippen LogP contribution is -1.84. The summed E-state index contributed by atoms with van der Waals surface area (Å²) in [5.74, 6) is 2.98. The number of thioether (sulfide) groups is 1. The van der Waals surface area contributed by atoms with E-state index in [0.29, 0.717) is 0 Å². The molecule has 0 aliphatic rings. The van der Waals surface area contributed by atoms with Crippen LogP contribution in [-0.4, -0.2) is 16.6 Å². The van der Waals surface area contributed by atoms with E-state index < -0.39 is 0 Å². The summed E-state index contributed by atoms with van der Waals surface area (Å²) in [4.78, 5) is 3.96. The van der Waals surface area contributed by atoms with Gasteiger partial charge in [-0.2, -0.15) is 11.8 Å². The van der Waals surface area contributed by atoms with Crippen molar-refractivity contribution in [3.8, 4) is 0 Å². The number of rotatable bonds is 5. The first-order valence-electron chi connectivity index (χ1n) is 3.96. The minimum absolute atomic E-state index is 0.767. The Kier molecular flexibility index (Phi) is 5.20. The van der Waals surface area contributed by atoms with Crippen LogP contribution in [0.15, 0.2) is 24.5 Å². The van der Waals surface area contributed by atoms with Crippen LogP contribution in [0.4, 0.5) is 0 Å². The molecule has 0 radical (unpaired) electrons. The molecule has 0 fully saturated rings. The van der Waals surface area contributed by atoms with Crippen molar-refractivity contribution in [1.82, 2.24) is 4.98 Å². The summed E-state index contributed by atoms with van der Waals surface area (Å²) in [5, 5.41) is 0. The maximum Gasteiger partial charge on any atom is 0.0270 e. The van der Waals surface area contributed by atoms with Crippen molar-refractivity contribution in [2.24, 2.45) is 0 Å². The zero-order chi connectivity index (χ0) is 8.65. The molecule has 1 heterocycles. The van der Waals surface area contributed by atoms with E-state index in [2.05, 4.69) is 4.98 Å². The maximum atomic E-state index is 5.56. The number of pyridine rings is 1. The number of hydrogen-bond acceptors (Lipinski definition) is 2. The Morgan fingerprint density at radius 2 is 2.08 bits per heavy atom. The Balaban J connectivity index is 2.16. The standard InChI is InChI=1S/C9H12ClNS/c10-4-1-7-12-8-9-2-5-11-6-3-9/h2-3,5-6H,1,4,7-8H2. The van der Waals surface area contributed by atoms with Crippen molar-refractivity contribution in [2.75, 3.05) is 11.6 Å². The average molecular weight is 202 g/mol. The highest BCUT2D eigenvalue weighted by Crippen LogP contribution is 2.11. The minimum atomic E-state index is 0.767. The molecule has 0 saturated carbocycles. The van der Waals surface area contributed by atoms with Crippen LogP contribution in [0.25, 0.3) is 0 Å². The molecule has 1 aromatic heterocycles. The monoisotopic (exact) mass is 201 g/mol. The molecule has 0 bridgehead atoms. The first-order valence-corrected chi connectivity index (χ1v) is 5.65. The zero-order valence-corrected chi connectivity index (χ0v) is 8.44. The SMILES string of the molecule is ClCCCSCc1ccncc1. The minimum Gasteiger partial charge on any atom is -0.265 e. The van der Waals surface area contributed by atoms with Gasteiger partial charge >= 0.3 is 0 Å². The average Bonchev–Trinajstić information content (AvgIpc) is 2.14.